The molecule has 1 amide bonds. The van der Waals surface area contributed by atoms with Gasteiger partial charge in [0.05, 0.1) is 0 Å². The molecule has 118 valence electrons. The van der Waals surface area contributed by atoms with Crippen molar-refractivity contribution >= 4 is 22.6 Å². The fraction of sp³-hybridized carbons (Fsp3) is 0.235. The average Bonchev–Trinajstić information content (AvgIpc) is 3.00. The number of benzene rings is 1. The number of hydrogen-bond acceptors (Lipinski definition) is 4. The van der Waals surface area contributed by atoms with E-state index in [-0.39, 0.29) is 5.91 Å². The highest BCUT2D eigenvalue weighted by molar-refractivity contribution is 5.93. The Balaban J connectivity index is 1.64. The van der Waals surface area contributed by atoms with Crippen LogP contribution in [0.4, 0.5) is 5.69 Å². The molecule has 3 rings (SSSR count). The SMILES string of the molecule is Cc1cc(=O)oc2cc(NC(=O)CCCn3cccn3)ccc12. The van der Waals surface area contributed by atoms with Crippen molar-refractivity contribution in [3.63, 3.8) is 0 Å². The van der Waals surface area contributed by atoms with Gasteiger partial charge in [0.1, 0.15) is 5.58 Å². The summed E-state index contributed by atoms with van der Waals surface area (Å²) >= 11 is 0. The lowest BCUT2D eigenvalue weighted by molar-refractivity contribution is -0.116. The summed E-state index contributed by atoms with van der Waals surface area (Å²) in [6.07, 6.45) is 4.68. The molecule has 6 heteroatoms. The van der Waals surface area contributed by atoms with Crippen LogP contribution in [0.3, 0.4) is 0 Å². The molecule has 0 aliphatic heterocycles. The van der Waals surface area contributed by atoms with Crippen molar-refractivity contribution in [2.75, 3.05) is 5.32 Å². The lowest BCUT2D eigenvalue weighted by Gasteiger charge is -2.07. The number of fused-ring (bicyclic) bond motifs is 1. The highest BCUT2D eigenvalue weighted by Gasteiger charge is 2.06. The monoisotopic (exact) mass is 311 g/mol. The molecule has 0 atom stereocenters. The van der Waals surface area contributed by atoms with Crippen molar-refractivity contribution in [3.8, 4) is 0 Å². The van der Waals surface area contributed by atoms with Crippen LogP contribution in [0.1, 0.15) is 18.4 Å². The van der Waals surface area contributed by atoms with Gasteiger partial charge in [0.15, 0.2) is 0 Å². The van der Waals surface area contributed by atoms with Crippen LogP contribution < -0.4 is 10.9 Å². The third kappa shape index (κ3) is 3.66. The highest BCUT2D eigenvalue weighted by Crippen LogP contribution is 2.20. The Morgan fingerprint density at radius 2 is 2.22 bits per heavy atom. The number of amides is 1. The molecule has 0 saturated carbocycles. The maximum Gasteiger partial charge on any atom is 0.336 e. The molecule has 23 heavy (non-hydrogen) atoms. The van der Waals surface area contributed by atoms with Gasteiger partial charge in [0.25, 0.3) is 0 Å². The summed E-state index contributed by atoms with van der Waals surface area (Å²) in [7, 11) is 0. The minimum atomic E-state index is -0.391. The van der Waals surface area contributed by atoms with E-state index in [0.717, 1.165) is 10.9 Å². The van der Waals surface area contributed by atoms with Crippen molar-refractivity contribution in [2.24, 2.45) is 0 Å². The van der Waals surface area contributed by atoms with E-state index in [2.05, 4.69) is 10.4 Å². The van der Waals surface area contributed by atoms with Gasteiger partial charge in [-0.1, -0.05) is 0 Å². The van der Waals surface area contributed by atoms with E-state index < -0.39 is 5.63 Å². The third-order valence-corrected chi connectivity index (χ3v) is 3.59. The van der Waals surface area contributed by atoms with Crippen molar-refractivity contribution in [3.05, 3.63) is 58.7 Å². The fourth-order valence-electron chi connectivity index (χ4n) is 2.46. The summed E-state index contributed by atoms with van der Waals surface area (Å²) in [5.74, 6) is -0.0773. The van der Waals surface area contributed by atoms with E-state index in [1.165, 1.54) is 6.07 Å². The van der Waals surface area contributed by atoms with Gasteiger partial charge >= 0.3 is 5.63 Å². The Bertz CT molecular complexity index is 882. The first kappa shape index (κ1) is 15.0. The number of anilines is 1. The van der Waals surface area contributed by atoms with E-state index in [1.54, 1.807) is 23.0 Å². The third-order valence-electron chi connectivity index (χ3n) is 3.59. The molecule has 0 aliphatic carbocycles. The Kier molecular flexibility index (Phi) is 4.23. The Hall–Kier alpha value is -2.89. The first-order chi connectivity index (χ1) is 11.1. The number of aromatic nitrogens is 2. The predicted molar refractivity (Wildman–Crippen MR) is 87.3 cm³/mol. The molecule has 0 spiro atoms. The number of hydrogen-bond donors (Lipinski definition) is 1. The van der Waals surface area contributed by atoms with Crippen LogP contribution in [0, 0.1) is 6.92 Å². The quantitative estimate of drug-likeness (QED) is 0.735. The van der Waals surface area contributed by atoms with E-state index >= 15 is 0 Å². The van der Waals surface area contributed by atoms with Gasteiger partial charge in [-0.25, -0.2) is 4.79 Å². The lowest BCUT2D eigenvalue weighted by Crippen LogP contribution is -2.12. The van der Waals surface area contributed by atoms with Crippen LogP contribution in [0.2, 0.25) is 0 Å². The molecular formula is C17H17N3O3. The zero-order valence-corrected chi connectivity index (χ0v) is 12.8. The van der Waals surface area contributed by atoms with Crippen LogP contribution >= 0.6 is 0 Å². The summed E-state index contributed by atoms with van der Waals surface area (Å²) in [6.45, 7) is 2.55. The number of rotatable bonds is 5. The standard InChI is InChI=1S/C17H17N3O3/c1-12-10-17(22)23-15-11-13(5-6-14(12)15)19-16(21)4-2-8-20-9-3-7-18-20/h3,5-7,9-11H,2,4,8H2,1H3,(H,19,21). The van der Waals surface area contributed by atoms with Gasteiger partial charge in [0, 0.05) is 48.6 Å². The smallest absolute Gasteiger partial charge is 0.336 e. The first-order valence-electron chi connectivity index (χ1n) is 7.43. The molecule has 3 aromatic rings. The van der Waals surface area contributed by atoms with Crippen LogP contribution in [-0.2, 0) is 11.3 Å². The minimum Gasteiger partial charge on any atom is -0.423 e. The zero-order chi connectivity index (χ0) is 16.2. The van der Waals surface area contributed by atoms with Crippen molar-refractivity contribution in [1.82, 2.24) is 9.78 Å². The summed E-state index contributed by atoms with van der Waals surface area (Å²) < 4.78 is 6.97. The van der Waals surface area contributed by atoms with Crippen LogP contribution in [0.15, 0.2) is 51.9 Å². The zero-order valence-electron chi connectivity index (χ0n) is 12.8. The minimum absolute atomic E-state index is 0.0773. The predicted octanol–water partition coefficient (Wildman–Crippen LogP) is 2.72. The summed E-state index contributed by atoms with van der Waals surface area (Å²) in [4.78, 5) is 23.4. The van der Waals surface area contributed by atoms with E-state index in [4.69, 9.17) is 4.42 Å². The molecule has 0 aliphatic rings. The topological polar surface area (TPSA) is 77.1 Å². The average molecular weight is 311 g/mol. The normalized spacial score (nSPS) is 10.8. The molecule has 2 heterocycles. The van der Waals surface area contributed by atoms with Crippen molar-refractivity contribution in [1.29, 1.82) is 0 Å². The highest BCUT2D eigenvalue weighted by atomic mass is 16.4. The van der Waals surface area contributed by atoms with Crippen LogP contribution in [0.5, 0.6) is 0 Å². The van der Waals surface area contributed by atoms with Gasteiger partial charge < -0.3 is 9.73 Å². The van der Waals surface area contributed by atoms with Crippen molar-refractivity contribution in [2.45, 2.75) is 26.3 Å². The van der Waals surface area contributed by atoms with Crippen LogP contribution in [-0.4, -0.2) is 15.7 Å². The number of aryl methyl sites for hydroxylation is 2. The number of nitrogens with one attached hydrogen (secondary N) is 1. The van der Waals surface area contributed by atoms with Crippen molar-refractivity contribution < 1.29 is 9.21 Å². The van der Waals surface area contributed by atoms with Gasteiger partial charge in [0.2, 0.25) is 5.91 Å². The molecule has 0 saturated heterocycles. The molecule has 0 fully saturated rings. The summed E-state index contributed by atoms with van der Waals surface area (Å²) in [6, 6.07) is 8.63. The summed E-state index contributed by atoms with van der Waals surface area (Å²) in [5.41, 5.74) is 1.56. The Morgan fingerprint density at radius 3 is 3.00 bits per heavy atom. The first-order valence-corrected chi connectivity index (χ1v) is 7.43. The number of carbonyl (C=O) groups excluding carboxylic acids is 1. The number of carbonyl (C=O) groups is 1. The van der Waals surface area contributed by atoms with Gasteiger partial charge in [-0.2, -0.15) is 5.10 Å². The second-order valence-electron chi connectivity index (χ2n) is 5.38. The maximum atomic E-state index is 12.0. The Morgan fingerprint density at radius 1 is 1.35 bits per heavy atom. The van der Waals surface area contributed by atoms with Crippen LogP contribution in [0.25, 0.3) is 11.0 Å². The molecule has 2 aromatic heterocycles. The molecule has 6 nitrogen and oxygen atoms in total. The fourth-order valence-corrected chi connectivity index (χ4v) is 2.46. The molecule has 0 unspecified atom stereocenters. The molecule has 1 N–H and O–H groups in total. The lowest BCUT2D eigenvalue weighted by atomic mass is 10.1. The van der Waals surface area contributed by atoms with Gasteiger partial charge in [-0.05, 0) is 37.1 Å². The number of nitrogens with zero attached hydrogens (tertiary/aromatic N) is 2. The van der Waals surface area contributed by atoms with E-state index in [9.17, 15) is 9.59 Å². The van der Waals surface area contributed by atoms with Gasteiger partial charge in [-0.15, -0.1) is 0 Å². The molecular weight excluding hydrogens is 294 g/mol. The second-order valence-corrected chi connectivity index (χ2v) is 5.38. The molecule has 0 radical (unpaired) electrons. The maximum absolute atomic E-state index is 12.0. The second kappa shape index (κ2) is 6.48. The van der Waals surface area contributed by atoms with E-state index in [1.807, 2.05) is 25.3 Å². The molecule has 0 bridgehead atoms. The Labute approximate surface area is 132 Å². The largest absolute Gasteiger partial charge is 0.423 e. The van der Waals surface area contributed by atoms with Gasteiger partial charge in [-0.3, -0.25) is 9.48 Å². The van der Waals surface area contributed by atoms with E-state index in [0.29, 0.717) is 30.7 Å². The summed E-state index contributed by atoms with van der Waals surface area (Å²) in [5, 5.41) is 7.78. The molecule has 1 aromatic carbocycles.